The summed E-state index contributed by atoms with van der Waals surface area (Å²) in [6.07, 6.45) is 0. The predicted molar refractivity (Wildman–Crippen MR) is 58.5 cm³/mol. The number of benzene rings is 1. The zero-order chi connectivity index (χ0) is 10.1. The molecule has 0 aliphatic heterocycles. The van der Waals surface area contributed by atoms with Gasteiger partial charge in [-0.2, -0.15) is 0 Å². The standard InChI is InChI=1S/C10H10BrNO2/c1-14-6-2-3-7-8(4-6)12-9(5-13)10(7)11/h2-4,12-13H,5H2,1H3. The highest BCUT2D eigenvalue weighted by Gasteiger charge is 2.08. The molecule has 0 aliphatic carbocycles. The number of methoxy groups -OCH3 is 1. The molecule has 1 aromatic carbocycles. The number of aromatic amines is 1. The van der Waals surface area contributed by atoms with Crippen LogP contribution in [0.15, 0.2) is 22.7 Å². The van der Waals surface area contributed by atoms with Gasteiger partial charge in [0.05, 0.1) is 24.9 Å². The zero-order valence-corrected chi connectivity index (χ0v) is 9.26. The van der Waals surface area contributed by atoms with Gasteiger partial charge in [0.15, 0.2) is 0 Å². The van der Waals surface area contributed by atoms with Gasteiger partial charge in [-0.1, -0.05) is 0 Å². The van der Waals surface area contributed by atoms with E-state index in [1.54, 1.807) is 7.11 Å². The van der Waals surface area contributed by atoms with E-state index in [4.69, 9.17) is 9.84 Å². The van der Waals surface area contributed by atoms with E-state index in [1.807, 2.05) is 18.2 Å². The first-order chi connectivity index (χ1) is 6.76. The number of hydrogen-bond donors (Lipinski definition) is 2. The molecule has 3 nitrogen and oxygen atoms in total. The van der Waals surface area contributed by atoms with Crippen molar-refractivity contribution in [2.24, 2.45) is 0 Å². The molecular weight excluding hydrogens is 246 g/mol. The Morgan fingerprint density at radius 1 is 1.50 bits per heavy atom. The van der Waals surface area contributed by atoms with Gasteiger partial charge in [-0.15, -0.1) is 0 Å². The second-order valence-corrected chi connectivity index (χ2v) is 3.78. The summed E-state index contributed by atoms with van der Waals surface area (Å²) < 4.78 is 6.02. The predicted octanol–water partition coefficient (Wildman–Crippen LogP) is 2.43. The van der Waals surface area contributed by atoms with Gasteiger partial charge < -0.3 is 14.8 Å². The van der Waals surface area contributed by atoms with Crippen LogP contribution in [0.25, 0.3) is 10.9 Å². The van der Waals surface area contributed by atoms with Crippen molar-refractivity contribution in [2.75, 3.05) is 7.11 Å². The molecule has 0 saturated carbocycles. The summed E-state index contributed by atoms with van der Waals surface area (Å²) in [6, 6.07) is 5.75. The molecule has 0 aliphatic rings. The van der Waals surface area contributed by atoms with Crippen molar-refractivity contribution in [1.29, 1.82) is 0 Å². The van der Waals surface area contributed by atoms with E-state index >= 15 is 0 Å². The van der Waals surface area contributed by atoms with E-state index in [1.165, 1.54) is 0 Å². The molecule has 0 unspecified atom stereocenters. The van der Waals surface area contributed by atoms with Crippen LogP contribution in [0.1, 0.15) is 5.69 Å². The summed E-state index contributed by atoms with van der Waals surface area (Å²) >= 11 is 3.43. The Morgan fingerprint density at radius 3 is 2.93 bits per heavy atom. The molecule has 0 saturated heterocycles. The molecule has 14 heavy (non-hydrogen) atoms. The van der Waals surface area contributed by atoms with Crippen LogP contribution in [0.4, 0.5) is 0 Å². The molecular formula is C10H10BrNO2. The molecule has 0 fully saturated rings. The summed E-state index contributed by atoms with van der Waals surface area (Å²) in [5.74, 6) is 0.802. The van der Waals surface area contributed by atoms with Gasteiger partial charge in [0.1, 0.15) is 5.75 Å². The van der Waals surface area contributed by atoms with Crippen molar-refractivity contribution in [3.05, 3.63) is 28.4 Å². The molecule has 0 amide bonds. The summed E-state index contributed by atoms with van der Waals surface area (Å²) in [7, 11) is 1.63. The number of nitrogens with one attached hydrogen (secondary N) is 1. The molecule has 0 radical (unpaired) electrons. The number of hydrogen-bond acceptors (Lipinski definition) is 2. The Balaban J connectivity index is 2.66. The van der Waals surface area contributed by atoms with Gasteiger partial charge in [-0.25, -0.2) is 0 Å². The fourth-order valence-corrected chi connectivity index (χ4v) is 2.00. The van der Waals surface area contributed by atoms with Crippen LogP contribution < -0.4 is 4.74 Å². The molecule has 0 spiro atoms. The summed E-state index contributed by atoms with van der Waals surface area (Å²) in [6.45, 7) is -0.00240. The summed E-state index contributed by atoms with van der Waals surface area (Å²) in [5.41, 5.74) is 1.74. The van der Waals surface area contributed by atoms with Crippen molar-refractivity contribution in [3.63, 3.8) is 0 Å². The lowest BCUT2D eigenvalue weighted by molar-refractivity contribution is 0.277. The van der Waals surface area contributed by atoms with Gasteiger partial charge in [0, 0.05) is 15.9 Å². The van der Waals surface area contributed by atoms with E-state index in [2.05, 4.69) is 20.9 Å². The first kappa shape index (κ1) is 9.55. The number of halogens is 1. The number of ether oxygens (including phenoxy) is 1. The monoisotopic (exact) mass is 255 g/mol. The number of H-pyrrole nitrogens is 1. The molecule has 2 N–H and O–H groups in total. The van der Waals surface area contributed by atoms with Crippen molar-refractivity contribution < 1.29 is 9.84 Å². The second kappa shape index (κ2) is 3.63. The highest BCUT2D eigenvalue weighted by atomic mass is 79.9. The SMILES string of the molecule is COc1ccc2c(Br)c(CO)[nH]c2c1. The molecule has 1 heterocycles. The number of aromatic nitrogens is 1. The Morgan fingerprint density at radius 2 is 2.29 bits per heavy atom. The van der Waals surface area contributed by atoms with Gasteiger partial charge in [-0.3, -0.25) is 0 Å². The Labute approximate surface area is 89.8 Å². The molecule has 0 bridgehead atoms. The van der Waals surface area contributed by atoms with Crippen LogP contribution in [0.3, 0.4) is 0 Å². The van der Waals surface area contributed by atoms with Gasteiger partial charge in [0.25, 0.3) is 0 Å². The minimum absolute atomic E-state index is 0.00240. The van der Waals surface area contributed by atoms with E-state index in [0.29, 0.717) is 0 Å². The zero-order valence-electron chi connectivity index (χ0n) is 7.67. The first-order valence-electron chi connectivity index (χ1n) is 4.21. The van der Waals surface area contributed by atoms with Gasteiger partial charge >= 0.3 is 0 Å². The number of aliphatic hydroxyl groups is 1. The maximum absolute atomic E-state index is 9.05. The lowest BCUT2D eigenvalue weighted by Gasteiger charge is -1.98. The molecule has 2 rings (SSSR count). The van der Waals surface area contributed by atoms with E-state index in [9.17, 15) is 0 Å². The first-order valence-corrected chi connectivity index (χ1v) is 5.00. The average molecular weight is 256 g/mol. The Bertz CT molecular complexity index is 464. The highest BCUT2D eigenvalue weighted by molar-refractivity contribution is 9.10. The molecule has 0 atom stereocenters. The third-order valence-corrected chi connectivity index (χ3v) is 3.08. The Kier molecular flexibility index (Phi) is 2.48. The minimum Gasteiger partial charge on any atom is -0.497 e. The van der Waals surface area contributed by atoms with Crippen LogP contribution in [0.5, 0.6) is 5.75 Å². The van der Waals surface area contributed by atoms with Crippen molar-refractivity contribution >= 4 is 26.8 Å². The number of rotatable bonds is 2. The van der Waals surface area contributed by atoms with Crippen LogP contribution in [-0.4, -0.2) is 17.2 Å². The van der Waals surface area contributed by atoms with E-state index < -0.39 is 0 Å². The lowest BCUT2D eigenvalue weighted by Crippen LogP contribution is -1.82. The fraction of sp³-hybridized carbons (Fsp3) is 0.200. The van der Waals surface area contributed by atoms with Crippen molar-refractivity contribution in [2.45, 2.75) is 6.61 Å². The summed E-state index contributed by atoms with van der Waals surface area (Å²) in [5, 5.41) is 10.1. The number of aliphatic hydroxyl groups excluding tert-OH is 1. The highest BCUT2D eigenvalue weighted by Crippen LogP contribution is 2.30. The second-order valence-electron chi connectivity index (χ2n) is 2.99. The van der Waals surface area contributed by atoms with Crippen molar-refractivity contribution in [3.8, 4) is 5.75 Å². The van der Waals surface area contributed by atoms with Gasteiger partial charge in [-0.05, 0) is 28.1 Å². The minimum atomic E-state index is -0.00240. The van der Waals surface area contributed by atoms with Crippen LogP contribution in [-0.2, 0) is 6.61 Å². The fourth-order valence-electron chi connectivity index (χ4n) is 1.43. The molecule has 2 aromatic rings. The molecule has 1 aromatic heterocycles. The van der Waals surface area contributed by atoms with E-state index in [-0.39, 0.29) is 6.61 Å². The Hall–Kier alpha value is -1.00. The maximum Gasteiger partial charge on any atom is 0.120 e. The largest absolute Gasteiger partial charge is 0.497 e. The average Bonchev–Trinajstić information content (AvgIpc) is 2.55. The molecule has 4 heteroatoms. The third kappa shape index (κ3) is 1.40. The lowest BCUT2D eigenvalue weighted by atomic mass is 10.2. The van der Waals surface area contributed by atoms with Gasteiger partial charge in [0.2, 0.25) is 0 Å². The third-order valence-electron chi connectivity index (χ3n) is 2.17. The normalized spacial score (nSPS) is 10.8. The smallest absolute Gasteiger partial charge is 0.120 e. The van der Waals surface area contributed by atoms with Crippen LogP contribution >= 0.6 is 15.9 Å². The quantitative estimate of drug-likeness (QED) is 0.866. The van der Waals surface area contributed by atoms with E-state index in [0.717, 1.165) is 26.8 Å². The maximum atomic E-state index is 9.05. The van der Waals surface area contributed by atoms with Crippen molar-refractivity contribution in [1.82, 2.24) is 4.98 Å². The number of fused-ring (bicyclic) bond motifs is 1. The van der Waals surface area contributed by atoms with Crippen LogP contribution in [0.2, 0.25) is 0 Å². The topological polar surface area (TPSA) is 45.2 Å². The summed E-state index contributed by atoms with van der Waals surface area (Å²) in [4.78, 5) is 3.11. The van der Waals surface area contributed by atoms with Crippen LogP contribution in [0, 0.1) is 0 Å². The molecule has 74 valence electrons.